The summed E-state index contributed by atoms with van der Waals surface area (Å²) in [4.78, 5) is 11.4. The van der Waals surface area contributed by atoms with Crippen molar-refractivity contribution in [3.05, 3.63) is 0 Å². The molecule has 1 aliphatic heterocycles. The maximum Gasteiger partial charge on any atom is 0.235 e. The van der Waals surface area contributed by atoms with Crippen molar-refractivity contribution in [2.24, 2.45) is 0 Å². The largest absolute Gasteiger partial charge is 0.383 e. The van der Waals surface area contributed by atoms with Gasteiger partial charge in [0.2, 0.25) is 15.9 Å². The van der Waals surface area contributed by atoms with E-state index in [0.29, 0.717) is 26.1 Å². The smallest absolute Gasteiger partial charge is 0.235 e. The Hall–Kier alpha value is -0.660. The van der Waals surface area contributed by atoms with Crippen LogP contribution in [0.3, 0.4) is 0 Å². The summed E-state index contributed by atoms with van der Waals surface area (Å²) in [7, 11) is -1.67. The van der Waals surface area contributed by atoms with Gasteiger partial charge in [0.1, 0.15) is 0 Å². The second-order valence-corrected chi connectivity index (χ2v) is 5.79. The molecule has 0 spiro atoms. The first-order valence-electron chi connectivity index (χ1n) is 5.30. The molecule has 0 atom stereocenters. The number of amides is 1. The van der Waals surface area contributed by atoms with E-state index in [1.807, 2.05) is 0 Å². The number of nitrogens with one attached hydrogen (secondary N) is 1. The van der Waals surface area contributed by atoms with Crippen molar-refractivity contribution in [2.75, 3.05) is 39.1 Å². The molecule has 0 saturated carbocycles. The SMILES string of the molecule is COCCNC(=O)CN1CCCCS1(=O)=O. The van der Waals surface area contributed by atoms with Gasteiger partial charge in [0.25, 0.3) is 0 Å². The Morgan fingerprint density at radius 3 is 2.81 bits per heavy atom. The molecule has 1 aliphatic rings. The molecular weight excluding hydrogens is 232 g/mol. The fourth-order valence-corrected chi connectivity index (χ4v) is 3.08. The zero-order valence-electron chi connectivity index (χ0n) is 9.44. The van der Waals surface area contributed by atoms with Crippen LogP contribution in [0.4, 0.5) is 0 Å². The summed E-state index contributed by atoms with van der Waals surface area (Å²) in [5, 5.41) is 2.60. The lowest BCUT2D eigenvalue weighted by atomic mass is 10.3. The van der Waals surface area contributed by atoms with Gasteiger partial charge in [-0.05, 0) is 12.8 Å². The third-order valence-corrected chi connectivity index (χ3v) is 4.30. The molecule has 1 heterocycles. The van der Waals surface area contributed by atoms with Crippen LogP contribution >= 0.6 is 0 Å². The Bertz CT molecular complexity index is 328. The van der Waals surface area contributed by atoms with Gasteiger partial charge in [-0.2, -0.15) is 4.31 Å². The lowest BCUT2D eigenvalue weighted by molar-refractivity contribution is -0.121. The number of rotatable bonds is 5. The Labute approximate surface area is 96.0 Å². The van der Waals surface area contributed by atoms with Crippen LogP contribution in [0.2, 0.25) is 0 Å². The van der Waals surface area contributed by atoms with E-state index in [1.165, 1.54) is 4.31 Å². The van der Waals surface area contributed by atoms with Gasteiger partial charge in [0, 0.05) is 20.2 Å². The minimum Gasteiger partial charge on any atom is -0.383 e. The van der Waals surface area contributed by atoms with Gasteiger partial charge in [-0.1, -0.05) is 0 Å². The van der Waals surface area contributed by atoms with Crippen molar-refractivity contribution in [1.29, 1.82) is 0 Å². The molecule has 0 unspecified atom stereocenters. The van der Waals surface area contributed by atoms with Gasteiger partial charge in [0.15, 0.2) is 0 Å². The Balaban J connectivity index is 2.37. The van der Waals surface area contributed by atoms with Crippen LogP contribution in [0.25, 0.3) is 0 Å². The second kappa shape index (κ2) is 6.17. The number of carbonyl (C=O) groups excluding carboxylic acids is 1. The van der Waals surface area contributed by atoms with Gasteiger partial charge in [-0.15, -0.1) is 0 Å². The average Bonchev–Trinajstić information content (AvgIpc) is 2.21. The molecule has 0 aromatic carbocycles. The van der Waals surface area contributed by atoms with E-state index in [4.69, 9.17) is 4.74 Å². The van der Waals surface area contributed by atoms with Gasteiger partial charge in [0.05, 0.1) is 18.9 Å². The molecular formula is C9H18N2O4S. The summed E-state index contributed by atoms with van der Waals surface area (Å²) in [5.41, 5.74) is 0. The highest BCUT2D eigenvalue weighted by molar-refractivity contribution is 7.89. The summed E-state index contributed by atoms with van der Waals surface area (Å²) in [5.74, 6) is -0.124. The molecule has 1 amide bonds. The van der Waals surface area contributed by atoms with Crippen molar-refractivity contribution in [3.8, 4) is 0 Å². The lowest BCUT2D eigenvalue weighted by Crippen LogP contribution is -2.44. The van der Waals surface area contributed by atoms with E-state index in [9.17, 15) is 13.2 Å². The van der Waals surface area contributed by atoms with Crippen LogP contribution in [-0.4, -0.2) is 57.7 Å². The number of hydrogen-bond acceptors (Lipinski definition) is 4. The predicted molar refractivity (Wildman–Crippen MR) is 59.5 cm³/mol. The summed E-state index contributed by atoms with van der Waals surface area (Å²) in [6.45, 7) is 1.20. The highest BCUT2D eigenvalue weighted by Crippen LogP contribution is 2.12. The summed E-state index contributed by atoms with van der Waals surface area (Å²) >= 11 is 0. The third kappa shape index (κ3) is 4.07. The van der Waals surface area contributed by atoms with E-state index >= 15 is 0 Å². The molecule has 1 N–H and O–H groups in total. The molecule has 7 heteroatoms. The number of ether oxygens (including phenoxy) is 1. The van der Waals surface area contributed by atoms with Gasteiger partial charge in [-0.3, -0.25) is 4.79 Å². The van der Waals surface area contributed by atoms with Gasteiger partial charge >= 0.3 is 0 Å². The molecule has 0 radical (unpaired) electrons. The zero-order chi connectivity index (χ0) is 12.0. The van der Waals surface area contributed by atoms with Crippen LogP contribution in [0.5, 0.6) is 0 Å². The fourth-order valence-electron chi connectivity index (χ4n) is 1.53. The molecule has 0 bridgehead atoms. The third-order valence-electron chi connectivity index (χ3n) is 2.40. The van der Waals surface area contributed by atoms with E-state index < -0.39 is 10.0 Å². The molecule has 0 aromatic heterocycles. The maximum absolute atomic E-state index is 11.6. The number of methoxy groups -OCH3 is 1. The predicted octanol–water partition coefficient (Wildman–Crippen LogP) is -0.825. The molecule has 1 fully saturated rings. The van der Waals surface area contributed by atoms with Crippen molar-refractivity contribution in [2.45, 2.75) is 12.8 Å². The molecule has 1 rings (SSSR count). The lowest BCUT2D eigenvalue weighted by Gasteiger charge is -2.25. The minimum atomic E-state index is -3.21. The first kappa shape index (κ1) is 13.4. The van der Waals surface area contributed by atoms with Crippen molar-refractivity contribution in [1.82, 2.24) is 9.62 Å². The van der Waals surface area contributed by atoms with Crippen molar-refractivity contribution < 1.29 is 17.9 Å². The monoisotopic (exact) mass is 250 g/mol. The van der Waals surface area contributed by atoms with E-state index in [-0.39, 0.29) is 18.2 Å². The molecule has 16 heavy (non-hydrogen) atoms. The molecule has 94 valence electrons. The number of carbonyl (C=O) groups is 1. The van der Waals surface area contributed by atoms with Gasteiger partial charge in [-0.25, -0.2) is 8.42 Å². The van der Waals surface area contributed by atoms with E-state index in [1.54, 1.807) is 7.11 Å². The quantitative estimate of drug-likeness (QED) is 0.647. The van der Waals surface area contributed by atoms with E-state index in [2.05, 4.69) is 5.32 Å². The standard InChI is InChI=1S/C9H18N2O4S/c1-15-6-4-10-9(12)8-11-5-2-3-7-16(11,13)14/h2-8H2,1H3,(H,10,12). The molecule has 0 aliphatic carbocycles. The van der Waals surface area contributed by atoms with Crippen molar-refractivity contribution in [3.63, 3.8) is 0 Å². The summed E-state index contributed by atoms with van der Waals surface area (Å²) in [6.07, 6.45) is 1.51. The fraction of sp³-hybridized carbons (Fsp3) is 0.889. The topological polar surface area (TPSA) is 75.7 Å². The number of sulfonamides is 1. The van der Waals surface area contributed by atoms with Gasteiger partial charge < -0.3 is 10.1 Å². The van der Waals surface area contributed by atoms with Crippen LogP contribution < -0.4 is 5.32 Å². The molecule has 0 aromatic rings. The summed E-state index contributed by atoms with van der Waals surface area (Å²) < 4.78 is 29.2. The van der Waals surface area contributed by atoms with Crippen LogP contribution in [0.1, 0.15) is 12.8 Å². The van der Waals surface area contributed by atoms with Crippen molar-refractivity contribution >= 4 is 15.9 Å². The van der Waals surface area contributed by atoms with Crippen LogP contribution in [-0.2, 0) is 19.6 Å². The number of hydrogen-bond donors (Lipinski definition) is 1. The van der Waals surface area contributed by atoms with E-state index in [0.717, 1.165) is 6.42 Å². The molecule has 6 nitrogen and oxygen atoms in total. The maximum atomic E-state index is 11.6. The van der Waals surface area contributed by atoms with Crippen LogP contribution in [0, 0.1) is 0 Å². The molecule has 1 saturated heterocycles. The Morgan fingerprint density at radius 1 is 1.44 bits per heavy atom. The highest BCUT2D eigenvalue weighted by atomic mass is 32.2. The first-order valence-corrected chi connectivity index (χ1v) is 6.90. The Kier molecular flexibility index (Phi) is 5.17. The number of nitrogens with zero attached hydrogens (tertiary/aromatic N) is 1. The highest BCUT2D eigenvalue weighted by Gasteiger charge is 2.27. The van der Waals surface area contributed by atoms with Crippen LogP contribution in [0.15, 0.2) is 0 Å². The summed E-state index contributed by atoms with van der Waals surface area (Å²) in [6, 6.07) is 0. The normalized spacial score (nSPS) is 20.6. The second-order valence-electron chi connectivity index (χ2n) is 3.70. The minimum absolute atomic E-state index is 0.0773. The first-order chi connectivity index (χ1) is 7.56. The zero-order valence-corrected chi connectivity index (χ0v) is 10.3. The Morgan fingerprint density at radius 2 is 2.19 bits per heavy atom. The average molecular weight is 250 g/mol.